The summed E-state index contributed by atoms with van der Waals surface area (Å²) in [6, 6.07) is 5.43. The monoisotopic (exact) mass is 207 g/mol. The molecule has 2 heterocycles. The van der Waals surface area contributed by atoms with Crippen LogP contribution in [0.2, 0.25) is 0 Å². The number of ether oxygens (including phenoxy) is 1. The predicted octanol–water partition coefficient (Wildman–Crippen LogP) is 1.80. The molecule has 0 spiro atoms. The molecule has 1 aromatic rings. The molecule has 2 atom stereocenters. The molecule has 2 aliphatic heterocycles. The molecule has 3 rings (SSSR count). The van der Waals surface area contributed by atoms with Gasteiger partial charge in [-0.25, -0.2) is 4.39 Å². The number of nitrogens with one attached hydrogen (secondary N) is 1. The molecule has 1 fully saturated rings. The van der Waals surface area contributed by atoms with Crippen LogP contribution in [0.4, 0.5) is 4.39 Å². The molecule has 2 nitrogen and oxygen atoms in total. The molecule has 0 bridgehead atoms. The van der Waals surface area contributed by atoms with E-state index < -0.39 is 0 Å². The van der Waals surface area contributed by atoms with Crippen molar-refractivity contribution >= 4 is 0 Å². The molecule has 0 amide bonds. The maximum Gasteiger partial charge on any atom is 0.123 e. The zero-order valence-electron chi connectivity index (χ0n) is 8.50. The maximum absolute atomic E-state index is 13.2. The molecular weight excluding hydrogens is 193 g/mol. The van der Waals surface area contributed by atoms with Crippen LogP contribution < -0.4 is 5.32 Å². The minimum Gasteiger partial charge on any atom is -0.372 e. The van der Waals surface area contributed by atoms with E-state index in [-0.39, 0.29) is 11.9 Å². The molecule has 15 heavy (non-hydrogen) atoms. The van der Waals surface area contributed by atoms with Crippen molar-refractivity contribution in [1.29, 1.82) is 0 Å². The molecule has 0 aromatic heterocycles. The molecule has 2 aliphatic rings. The first-order valence-corrected chi connectivity index (χ1v) is 5.48. The fraction of sp³-hybridized carbons (Fsp3) is 0.500. The fourth-order valence-electron chi connectivity index (χ4n) is 2.35. The highest BCUT2D eigenvalue weighted by Crippen LogP contribution is 2.33. The number of fused-ring (bicyclic) bond motifs is 1. The average Bonchev–Trinajstić information content (AvgIpc) is 2.16. The zero-order valence-corrected chi connectivity index (χ0v) is 8.50. The van der Waals surface area contributed by atoms with Crippen molar-refractivity contribution < 1.29 is 9.13 Å². The van der Waals surface area contributed by atoms with Gasteiger partial charge in [-0.05, 0) is 42.6 Å². The summed E-state index contributed by atoms with van der Waals surface area (Å²) in [5.74, 6) is -0.163. The second-order valence-corrected chi connectivity index (χ2v) is 4.23. The number of hydrogen-bond acceptors (Lipinski definition) is 2. The van der Waals surface area contributed by atoms with Gasteiger partial charge in [-0.3, -0.25) is 0 Å². The Hall–Kier alpha value is -0.930. The first kappa shape index (κ1) is 9.31. The van der Waals surface area contributed by atoms with Crippen LogP contribution >= 0.6 is 0 Å². The summed E-state index contributed by atoms with van der Waals surface area (Å²) < 4.78 is 18.9. The predicted molar refractivity (Wildman–Crippen MR) is 55.2 cm³/mol. The number of benzene rings is 1. The Morgan fingerprint density at radius 3 is 3.00 bits per heavy atom. The minimum absolute atomic E-state index is 0.0539. The van der Waals surface area contributed by atoms with E-state index in [4.69, 9.17) is 4.74 Å². The Kier molecular flexibility index (Phi) is 2.22. The highest BCUT2D eigenvalue weighted by atomic mass is 19.1. The van der Waals surface area contributed by atoms with E-state index in [0.29, 0.717) is 6.04 Å². The van der Waals surface area contributed by atoms with Gasteiger partial charge in [0.15, 0.2) is 0 Å². The largest absolute Gasteiger partial charge is 0.372 e. The van der Waals surface area contributed by atoms with Crippen LogP contribution in [0.1, 0.15) is 23.7 Å². The molecule has 1 saturated heterocycles. The molecule has 80 valence electrons. The van der Waals surface area contributed by atoms with Gasteiger partial charge in [-0.2, -0.15) is 0 Å². The van der Waals surface area contributed by atoms with Crippen LogP contribution in [0.25, 0.3) is 0 Å². The van der Waals surface area contributed by atoms with Gasteiger partial charge < -0.3 is 10.1 Å². The Morgan fingerprint density at radius 2 is 2.27 bits per heavy atom. The maximum atomic E-state index is 13.2. The van der Waals surface area contributed by atoms with E-state index in [2.05, 4.69) is 5.32 Å². The summed E-state index contributed by atoms with van der Waals surface area (Å²) >= 11 is 0. The van der Waals surface area contributed by atoms with Gasteiger partial charge in [0, 0.05) is 6.04 Å². The quantitative estimate of drug-likeness (QED) is 0.758. The fourth-order valence-corrected chi connectivity index (χ4v) is 2.35. The molecule has 0 radical (unpaired) electrons. The summed E-state index contributed by atoms with van der Waals surface area (Å²) in [5.41, 5.74) is 2.28. The summed E-state index contributed by atoms with van der Waals surface area (Å²) in [7, 11) is 0. The third kappa shape index (κ3) is 1.56. The van der Waals surface area contributed by atoms with E-state index in [9.17, 15) is 4.39 Å². The van der Waals surface area contributed by atoms with Gasteiger partial charge in [-0.1, -0.05) is 6.07 Å². The van der Waals surface area contributed by atoms with Crippen LogP contribution in [0.15, 0.2) is 18.2 Å². The zero-order chi connectivity index (χ0) is 10.3. The molecule has 0 aliphatic carbocycles. The van der Waals surface area contributed by atoms with E-state index in [0.717, 1.165) is 31.6 Å². The SMILES string of the molecule is Fc1ccc2c(c1)[C@@H]([C@H]1CCN1)OCC2. The second kappa shape index (κ2) is 3.58. The Bertz CT molecular complexity index is 376. The van der Waals surface area contributed by atoms with E-state index >= 15 is 0 Å². The Balaban J connectivity index is 1.96. The molecule has 0 saturated carbocycles. The summed E-state index contributed by atoms with van der Waals surface area (Å²) in [5, 5.41) is 3.33. The van der Waals surface area contributed by atoms with Crippen molar-refractivity contribution in [3.05, 3.63) is 35.1 Å². The van der Waals surface area contributed by atoms with E-state index in [1.807, 2.05) is 6.07 Å². The van der Waals surface area contributed by atoms with Gasteiger partial charge in [0.25, 0.3) is 0 Å². The van der Waals surface area contributed by atoms with Crippen LogP contribution in [-0.2, 0) is 11.2 Å². The van der Waals surface area contributed by atoms with Gasteiger partial charge >= 0.3 is 0 Å². The standard InChI is InChI=1S/C12H14FNO/c13-9-2-1-8-4-6-15-12(10(8)7-9)11-3-5-14-11/h1-2,7,11-12,14H,3-6H2/t11-,12+/m1/s1. The van der Waals surface area contributed by atoms with Crippen molar-refractivity contribution in [3.63, 3.8) is 0 Å². The molecule has 3 heteroatoms. The molecule has 1 N–H and O–H groups in total. The lowest BCUT2D eigenvalue weighted by molar-refractivity contribution is -0.00171. The van der Waals surface area contributed by atoms with Crippen molar-refractivity contribution in [1.82, 2.24) is 5.32 Å². The van der Waals surface area contributed by atoms with Crippen molar-refractivity contribution in [3.8, 4) is 0 Å². The van der Waals surface area contributed by atoms with Crippen LogP contribution in [-0.4, -0.2) is 19.2 Å². The molecule has 0 unspecified atom stereocenters. The van der Waals surface area contributed by atoms with Crippen LogP contribution in [0.3, 0.4) is 0 Å². The van der Waals surface area contributed by atoms with Crippen LogP contribution in [0.5, 0.6) is 0 Å². The van der Waals surface area contributed by atoms with E-state index in [1.165, 1.54) is 11.6 Å². The Morgan fingerprint density at radius 1 is 1.40 bits per heavy atom. The minimum atomic E-state index is -0.163. The van der Waals surface area contributed by atoms with Gasteiger partial charge in [-0.15, -0.1) is 0 Å². The highest BCUT2D eigenvalue weighted by Gasteiger charge is 2.32. The normalized spacial score (nSPS) is 29.4. The van der Waals surface area contributed by atoms with Crippen molar-refractivity contribution in [2.24, 2.45) is 0 Å². The first-order chi connectivity index (χ1) is 7.34. The smallest absolute Gasteiger partial charge is 0.123 e. The third-order valence-electron chi connectivity index (χ3n) is 3.31. The first-order valence-electron chi connectivity index (χ1n) is 5.48. The highest BCUT2D eigenvalue weighted by molar-refractivity contribution is 5.33. The lowest BCUT2D eigenvalue weighted by atomic mass is 9.89. The average molecular weight is 207 g/mol. The third-order valence-corrected chi connectivity index (χ3v) is 3.31. The number of rotatable bonds is 1. The second-order valence-electron chi connectivity index (χ2n) is 4.23. The lowest BCUT2D eigenvalue weighted by Crippen LogP contribution is -2.48. The van der Waals surface area contributed by atoms with Crippen LogP contribution in [0, 0.1) is 5.82 Å². The van der Waals surface area contributed by atoms with Crippen molar-refractivity contribution in [2.75, 3.05) is 13.2 Å². The number of halogens is 1. The van der Waals surface area contributed by atoms with Gasteiger partial charge in [0.05, 0.1) is 12.7 Å². The number of hydrogen-bond donors (Lipinski definition) is 1. The van der Waals surface area contributed by atoms with E-state index in [1.54, 1.807) is 6.07 Å². The topological polar surface area (TPSA) is 21.3 Å². The summed E-state index contributed by atoms with van der Waals surface area (Å²) in [4.78, 5) is 0. The summed E-state index contributed by atoms with van der Waals surface area (Å²) in [6.45, 7) is 1.80. The molecule has 1 aromatic carbocycles. The van der Waals surface area contributed by atoms with Crippen molar-refractivity contribution in [2.45, 2.75) is 25.0 Å². The Labute approximate surface area is 88.4 Å². The summed E-state index contributed by atoms with van der Waals surface area (Å²) in [6.07, 6.45) is 2.08. The van der Waals surface area contributed by atoms with Gasteiger partial charge in [0.2, 0.25) is 0 Å². The molecular formula is C12H14FNO. The lowest BCUT2D eigenvalue weighted by Gasteiger charge is -2.38. The van der Waals surface area contributed by atoms with Gasteiger partial charge in [0.1, 0.15) is 5.82 Å².